The maximum absolute atomic E-state index is 6.00. The first-order chi connectivity index (χ1) is 6.74. The van der Waals surface area contributed by atoms with E-state index in [9.17, 15) is 0 Å². The number of nitrogens with two attached hydrogens (primary N) is 1. The monoisotopic (exact) mass is 213 g/mol. The third-order valence-corrected chi connectivity index (χ3v) is 3.11. The van der Waals surface area contributed by atoms with Crippen molar-refractivity contribution in [2.75, 3.05) is 6.61 Å². The van der Waals surface area contributed by atoms with Crippen molar-refractivity contribution < 1.29 is 4.74 Å². The molecule has 2 N–H and O–H groups in total. The Hall–Kier alpha value is -0.380. The maximum Gasteiger partial charge on any atom is 0.0697 e. The first kappa shape index (κ1) is 11.7. The molecule has 0 amide bonds. The molecule has 80 valence electrons. The van der Waals surface area contributed by atoms with E-state index in [1.807, 2.05) is 13.8 Å². The van der Waals surface area contributed by atoms with Crippen LogP contribution in [0.3, 0.4) is 0 Å². The standard InChI is InChI=1S/C11H19NOS/c1-3-13-9(2)11(12)5-4-10-6-7-14-8-10/h6-9,11H,3-5,12H2,1-2H3. The van der Waals surface area contributed by atoms with Crippen molar-refractivity contribution in [1.29, 1.82) is 0 Å². The van der Waals surface area contributed by atoms with Gasteiger partial charge in [0.25, 0.3) is 0 Å². The van der Waals surface area contributed by atoms with E-state index in [4.69, 9.17) is 10.5 Å². The molecule has 1 aromatic rings. The maximum atomic E-state index is 6.00. The Labute approximate surface area is 90.1 Å². The van der Waals surface area contributed by atoms with Gasteiger partial charge in [-0.2, -0.15) is 11.3 Å². The summed E-state index contributed by atoms with van der Waals surface area (Å²) >= 11 is 1.74. The van der Waals surface area contributed by atoms with Crippen LogP contribution in [0.25, 0.3) is 0 Å². The van der Waals surface area contributed by atoms with E-state index >= 15 is 0 Å². The van der Waals surface area contributed by atoms with E-state index in [-0.39, 0.29) is 12.1 Å². The van der Waals surface area contributed by atoms with Crippen LogP contribution in [0.2, 0.25) is 0 Å². The van der Waals surface area contributed by atoms with E-state index in [1.54, 1.807) is 11.3 Å². The van der Waals surface area contributed by atoms with Gasteiger partial charge in [-0.3, -0.25) is 0 Å². The van der Waals surface area contributed by atoms with Crippen LogP contribution in [-0.2, 0) is 11.2 Å². The van der Waals surface area contributed by atoms with Gasteiger partial charge in [0.2, 0.25) is 0 Å². The summed E-state index contributed by atoms with van der Waals surface area (Å²) in [6, 6.07) is 2.30. The highest BCUT2D eigenvalue weighted by molar-refractivity contribution is 7.07. The van der Waals surface area contributed by atoms with Crippen LogP contribution in [0.4, 0.5) is 0 Å². The second kappa shape index (κ2) is 6.17. The number of aryl methyl sites for hydroxylation is 1. The number of hydrogen-bond acceptors (Lipinski definition) is 3. The van der Waals surface area contributed by atoms with Gasteiger partial charge in [-0.1, -0.05) is 0 Å². The van der Waals surface area contributed by atoms with E-state index in [1.165, 1.54) is 5.56 Å². The minimum absolute atomic E-state index is 0.148. The predicted octanol–water partition coefficient (Wildman–Crippen LogP) is 2.43. The lowest BCUT2D eigenvalue weighted by Gasteiger charge is -2.19. The van der Waals surface area contributed by atoms with Gasteiger partial charge in [0.05, 0.1) is 6.10 Å². The fourth-order valence-electron chi connectivity index (χ4n) is 1.39. The lowest BCUT2D eigenvalue weighted by molar-refractivity contribution is 0.0557. The zero-order valence-corrected chi connectivity index (χ0v) is 9.72. The van der Waals surface area contributed by atoms with Crippen molar-refractivity contribution in [3.63, 3.8) is 0 Å². The zero-order chi connectivity index (χ0) is 10.4. The smallest absolute Gasteiger partial charge is 0.0697 e. The highest BCUT2D eigenvalue weighted by atomic mass is 32.1. The summed E-state index contributed by atoms with van der Waals surface area (Å²) in [7, 11) is 0. The summed E-state index contributed by atoms with van der Waals surface area (Å²) in [5, 5.41) is 4.28. The van der Waals surface area contributed by atoms with Gasteiger partial charge < -0.3 is 10.5 Å². The Morgan fingerprint density at radius 2 is 2.36 bits per heavy atom. The van der Waals surface area contributed by atoms with E-state index in [0.29, 0.717) is 0 Å². The highest BCUT2D eigenvalue weighted by Gasteiger charge is 2.12. The van der Waals surface area contributed by atoms with Crippen LogP contribution in [0.5, 0.6) is 0 Å². The van der Waals surface area contributed by atoms with Crippen molar-refractivity contribution in [3.8, 4) is 0 Å². The Bertz CT molecular complexity index is 235. The minimum atomic E-state index is 0.148. The molecule has 0 radical (unpaired) electrons. The topological polar surface area (TPSA) is 35.2 Å². The van der Waals surface area contributed by atoms with Gasteiger partial charge in [-0.05, 0) is 49.1 Å². The molecule has 1 heterocycles. The van der Waals surface area contributed by atoms with Crippen molar-refractivity contribution in [2.24, 2.45) is 5.73 Å². The fraction of sp³-hybridized carbons (Fsp3) is 0.636. The Kier molecular flexibility index (Phi) is 5.15. The number of ether oxygens (including phenoxy) is 1. The third kappa shape index (κ3) is 3.78. The van der Waals surface area contributed by atoms with Gasteiger partial charge >= 0.3 is 0 Å². The normalized spacial score (nSPS) is 15.4. The predicted molar refractivity (Wildman–Crippen MR) is 61.7 cm³/mol. The van der Waals surface area contributed by atoms with Crippen LogP contribution in [0.1, 0.15) is 25.8 Å². The molecular weight excluding hydrogens is 194 g/mol. The SMILES string of the molecule is CCOC(C)C(N)CCc1ccsc1. The molecule has 2 nitrogen and oxygen atoms in total. The van der Waals surface area contributed by atoms with Gasteiger partial charge in [0.1, 0.15) is 0 Å². The van der Waals surface area contributed by atoms with E-state index < -0.39 is 0 Å². The van der Waals surface area contributed by atoms with Crippen molar-refractivity contribution >= 4 is 11.3 Å². The first-order valence-electron chi connectivity index (χ1n) is 5.12. The molecule has 1 rings (SSSR count). The summed E-state index contributed by atoms with van der Waals surface area (Å²) in [4.78, 5) is 0. The van der Waals surface area contributed by atoms with Gasteiger partial charge in [-0.25, -0.2) is 0 Å². The van der Waals surface area contributed by atoms with Crippen molar-refractivity contribution in [2.45, 2.75) is 38.8 Å². The first-order valence-corrected chi connectivity index (χ1v) is 6.06. The Balaban J connectivity index is 2.24. The highest BCUT2D eigenvalue weighted by Crippen LogP contribution is 2.11. The van der Waals surface area contributed by atoms with Crippen molar-refractivity contribution in [1.82, 2.24) is 0 Å². The fourth-order valence-corrected chi connectivity index (χ4v) is 2.09. The Morgan fingerprint density at radius 1 is 1.57 bits per heavy atom. The lowest BCUT2D eigenvalue weighted by Crippen LogP contribution is -2.34. The molecule has 0 saturated carbocycles. The Morgan fingerprint density at radius 3 is 2.93 bits per heavy atom. The lowest BCUT2D eigenvalue weighted by atomic mass is 10.0. The molecule has 0 aromatic carbocycles. The second-order valence-electron chi connectivity index (χ2n) is 3.49. The summed E-state index contributed by atoms with van der Waals surface area (Å²) in [5.41, 5.74) is 7.38. The number of hydrogen-bond donors (Lipinski definition) is 1. The summed E-state index contributed by atoms with van der Waals surface area (Å²) < 4.78 is 5.45. The molecule has 1 aromatic heterocycles. The largest absolute Gasteiger partial charge is 0.377 e. The number of rotatable bonds is 6. The third-order valence-electron chi connectivity index (χ3n) is 2.38. The average Bonchev–Trinajstić information content (AvgIpc) is 2.67. The van der Waals surface area contributed by atoms with Crippen LogP contribution in [-0.4, -0.2) is 18.8 Å². The molecule has 0 saturated heterocycles. The van der Waals surface area contributed by atoms with E-state index in [2.05, 4.69) is 16.8 Å². The molecule has 2 atom stereocenters. The van der Waals surface area contributed by atoms with Crippen molar-refractivity contribution in [3.05, 3.63) is 22.4 Å². The summed E-state index contributed by atoms with van der Waals surface area (Å²) in [6.45, 7) is 4.79. The molecule has 0 aliphatic heterocycles. The summed E-state index contributed by atoms with van der Waals surface area (Å²) in [5.74, 6) is 0. The molecule has 2 unspecified atom stereocenters. The minimum Gasteiger partial charge on any atom is -0.377 e. The average molecular weight is 213 g/mol. The molecule has 3 heteroatoms. The second-order valence-corrected chi connectivity index (χ2v) is 4.27. The quantitative estimate of drug-likeness (QED) is 0.787. The van der Waals surface area contributed by atoms with Crippen LogP contribution in [0.15, 0.2) is 16.8 Å². The van der Waals surface area contributed by atoms with Gasteiger partial charge in [0, 0.05) is 12.6 Å². The molecule has 0 fully saturated rings. The molecule has 0 aliphatic carbocycles. The molecular formula is C11H19NOS. The van der Waals surface area contributed by atoms with Gasteiger partial charge in [-0.15, -0.1) is 0 Å². The van der Waals surface area contributed by atoms with Crippen LogP contribution < -0.4 is 5.73 Å². The van der Waals surface area contributed by atoms with Crippen LogP contribution >= 0.6 is 11.3 Å². The van der Waals surface area contributed by atoms with E-state index in [0.717, 1.165) is 19.4 Å². The van der Waals surface area contributed by atoms with Crippen LogP contribution in [0, 0.1) is 0 Å². The van der Waals surface area contributed by atoms with Gasteiger partial charge in [0.15, 0.2) is 0 Å². The molecule has 0 spiro atoms. The number of thiophene rings is 1. The molecule has 0 aliphatic rings. The summed E-state index contributed by atoms with van der Waals surface area (Å²) in [6.07, 6.45) is 2.22. The molecule has 0 bridgehead atoms. The zero-order valence-electron chi connectivity index (χ0n) is 8.90. The molecule has 14 heavy (non-hydrogen) atoms.